The number of hydrogen-bond donors (Lipinski definition) is 1. The number of nitrogens with one attached hydrogen (secondary N) is 1. The van der Waals surface area contributed by atoms with Crippen LogP contribution in [-0.2, 0) is 6.18 Å². The largest absolute Gasteiger partial charge is 0.438 e. The van der Waals surface area contributed by atoms with Crippen LogP contribution in [0.4, 0.5) is 18.9 Å². The maximum Gasteiger partial charge on any atom is 0.416 e. The summed E-state index contributed by atoms with van der Waals surface area (Å²) >= 11 is 0. The number of anilines is 1. The third kappa shape index (κ3) is 5.03. The molecule has 2 aromatic carbocycles. The first kappa shape index (κ1) is 22.9. The van der Waals surface area contributed by atoms with E-state index in [1.807, 2.05) is 0 Å². The van der Waals surface area contributed by atoms with Gasteiger partial charge in [0.2, 0.25) is 5.88 Å². The van der Waals surface area contributed by atoms with Gasteiger partial charge in [-0.05, 0) is 67.4 Å². The number of amides is 1. The van der Waals surface area contributed by atoms with Crippen molar-refractivity contribution in [2.45, 2.75) is 20.0 Å². The number of aromatic nitrogens is 3. The van der Waals surface area contributed by atoms with Crippen LogP contribution >= 0.6 is 0 Å². The van der Waals surface area contributed by atoms with Gasteiger partial charge in [-0.2, -0.15) is 13.2 Å². The Labute approximate surface area is 193 Å². The summed E-state index contributed by atoms with van der Waals surface area (Å²) in [6, 6.07) is 13.3. The second kappa shape index (κ2) is 9.30. The number of pyridine rings is 1. The molecule has 0 aliphatic heterocycles. The van der Waals surface area contributed by atoms with Crippen molar-refractivity contribution in [1.82, 2.24) is 15.0 Å². The summed E-state index contributed by atoms with van der Waals surface area (Å²) in [6.45, 7) is 3.43. The Morgan fingerprint density at radius 2 is 1.74 bits per heavy atom. The lowest BCUT2D eigenvalue weighted by Gasteiger charge is -2.14. The normalized spacial score (nSPS) is 11.2. The van der Waals surface area contributed by atoms with Crippen LogP contribution in [0.25, 0.3) is 11.3 Å². The van der Waals surface area contributed by atoms with E-state index in [-0.39, 0.29) is 17.1 Å². The van der Waals surface area contributed by atoms with Crippen LogP contribution in [0.2, 0.25) is 0 Å². The zero-order valence-corrected chi connectivity index (χ0v) is 18.2. The fourth-order valence-corrected chi connectivity index (χ4v) is 3.20. The summed E-state index contributed by atoms with van der Waals surface area (Å²) in [5, 5.41) is 2.56. The number of nitrogens with zero attached hydrogens (tertiary/aromatic N) is 3. The lowest BCUT2D eigenvalue weighted by molar-refractivity contribution is -0.137. The number of carbonyl (C=O) groups is 1. The maximum atomic E-state index is 13.1. The zero-order valence-electron chi connectivity index (χ0n) is 18.2. The second-order valence-electron chi connectivity index (χ2n) is 7.51. The van der Waals surface area contributed by atoms with E-state index in [4.69, 9.17) is 4.74 Å². The van der Waals surface area contributed by atoms with Gasteiger partial charge in [-0.15, -0.1) is 0 Å². The van der Waals surface area contributed by atoms with Crippen molar-refractivity contribution in [2.24, 2.45) is 0 Å². The quantitative estimate of drug-likeness (QED) is 0.380. The fourth-order valence-electron chi connectivity index (χ4n) is 3.20. The third-order valence-corrected chi connectivity index (χ3v) is 5.10. The van der Waals surface area contributed by atoms with Crippen LogP contribution in [0.15, 0.2) is 73.3 Å². The summed E-state index contributed by atoms with van der Waals surface area (Å²) in [7, 11) is 0. The number of hydrogen-bond acceptors (Lipinski definition) is 5. The molecule has 4 rings (SSSR count). The Kier molecular flexibility index (Phi) is 6.27. The summed E-state index contributed by atoms with van der Waals surface area (Å²) in [4.78, 5) is 25.3. The molecule has 0 saturated heterocycles. The summed E-state index contributed by atoms with van der Waals surface area (Å²) in [6.07, 6.45) is 0.0770. The van der Waals surface area contributed by atoms with Crippen molar-refractivity contribution in [2.75, 3.05) is 5.32 Å². The molecule has 0 aliphatic rings. The minimum atomic E-state index is -4.51. The van der Waals surface area contributed by atoms with E-state index in [0.29, 0.717) is 22.6 Å². The molecule has 0 bridgehead atoms. The number of benzene rings is 2. The average Bonchev–Trinajstić information content (AvgIpc) is 2.82. The van der Waals surface area contributed by atoms with Crippen molar-refractivity contribution in [3.63, 3.8) is 0 Å². The van der Waals surface area contributed by atoms with Crippen LogP contribution < -0.4 is 10.1 Å². The van der Waals surface area contributed by atoms with Gasteiger partial charge in [0, 0.05) is 23.6 Å². The highest BCUT2D eigenvalue weighted by molar-refractivity contribution is 6.05. The maximum absolute atomic E-state index is 13.1. The van der Waals surface area contributed by atoms with Gasteiger partial charge in [0.15, 0.2) is 0 Å². The van der Waals surface area contributed by atoms with Crippen LogP contribution in [0.1, 0.15) is 27.0 Å². The monoisotopic (exact) mass is 464 g/mol. The number of rotatable bonds is 5. The minimum absolute atomic E-state index is 0.0821. The van der Waals surface area contributed by atoms with Gasteiger partial charge < -0.3 is 10.1 Å². The second-order valence-corrected chi connectivity index (χ2v) is 7.51. The molecule has 0 unspecified atom stereocenters. The number of carbonyl (C=O) groups excluding carboxylic acids is 1. The Morgan fingerprint density at radius 3 is 2.47 bits per heavy atom. The van der Waals surface area contributed by atoms with Crippen molar-refractivity contribution >= 4 is 11.6 Å². The zero-order chi connectivity index (χ0) is 24.3. The van der Waals surface area contributed by atoms with Crippen LogP contribution in [0.5, 0.6) is 11.6 Å². The highest BCUT2D eigenvalue weighted by Crippen LogP contribution is 2.34. The molecule has 0 aliphatic carbocycles. The van der Waals surface area contributed by atoms with Gasteiger partial charge in [-0.25, -0.2) is 15.0 Å². The lowest BCUT2D eigenvalue weighted by atomic mass is 10.1. The Bertz CT molecular complexity index is 1340. The topological polar surface area (TPSA) is 77.0 Å². The van der Waals surface area contributed by atoms with Gasteiger partial charge in [0.05, 0.1) is 16.8 Å². The van der Waals surface area contributed by atoms with Gasteiger partial charge in [-0.1, -0.05) is 12.1 Å². The third-order valence-electron chi connectivity index (χ3n) is 5.10. The van der Waals surface area contributed by atoms with E-state index in [0.717, 1.165) is 17.7 Å². The number of ether oxygens (including phenoxy) is 1. The van der Waals surface area contributed by atoms with Crippen LogP contribution in [0.3, 0.4) is 0 Å². The van der Waals surface area contributed by atoms with E-state index < -0.39 is 17.6 Å². The average molecular weight is 464 g/mol. The SMILES string of the molecule is Cc1ccc(C(F)(F)F)cc1NC(=O)c1ccc(C)c(Oc2ncccc2-c2ccncn2)c1. The molecule has 2 aromatic heterocycles. The Morgan fingerprint density at radius 1 is 0.941 bits per heavy atom. The molecule has 0 saturated carbocycles. The first-order valence-electron chi connectivity index (χ1n) is 10.2. The molecule has 0 fully saturated rings. The number of halogens is 3. The van der Waals surface area contributed by atoms with Gasteiger partial charge in [0.1, 0.15) is 12.1 Å². The fraction of sp³-hybridized carbons (Fsp3) is 0.120. The van der Waals surface area contributed by atoms with Crippen molar-refractivity contribution in [3.8, 4) is 22.9 Å². The van der Waals surface area contributed by atoms with Crippen molar-refractivity contribution < 1.29 is 22.7 Å². The molecule has 4 aromatic rings. The van der Waals surface area contributed by atoms with Crippen molar-refractivity contribution in [3.05, 3.63) is 95.6 Å². The Hall–Kier alpha value is -4.27. The summed E-state index contributed by atoms with van der Waals surface area (Å²) in [5.41, 5.74) is 1.96. The summed E-state index contributed by atoms with van der Waals surface area (Å²) in [5.74, 6) is 0.0994. The molecule has 6 nitrogen and oxygen atoms in total. The smallest absolute Gasteiger partial charge is 0.416 e. The molecule has 0 radical (unpaired) electrons. The molecule has 172 valence electrons. The number of aryl methyl sites for hydroxylation is 2. The molecule has 1 amide bonds. The predicted molar refractivity (Wildman–Crippen MR) is 121 cm³/mol. The van der Waals surface area contributed by atoms with Crippen LogP contribution in [-0.4, -0.2) is 20.9 Å². The molecule has 2 heterocycles. The van der Waals surface area contributed by atoms with Crippen molar-refractivity contribution in [1.29, 1.82) is 0 Å². The van der Waals surface area contributed by atoms with Gasteiger partial charge >= 0.3 is 6.18 Å². The Balaban J connectivity index is 1.61. The van der Waals surface area contributed by atoms with E-state index in [1.165, 1.54) is 18.5 Å². The van der Waals surface area contributed by atoms with E-state index in [9.17, 15) is 18.0 Å². The first-order chi connectivity index (χ1) is 16.2. The molecule has 0 atom stereocenters. The minimum Gasteiger partial charge on any atom is -0.438 e. The lowest BCUT2D eigenvalue weighted by Crippen LogP contribution is -2.14. The molecule has 0 spiro atoms. The van der Waals surface area contributed by atoms with E-state index >= 15 is 0 Å². The molecule has 9 heteroatoms. The predicted octanol–water partition coefficient (Wildman–Crippen LogP) is 6.22. The van der Waals surface area contributed by atoms with Crippen LogP contribution in [0, 0.1) is 13.8 Å². The highest BCUT2D eigenvalue weighted by atomic mass is 19.4. The van der Waals surface area contributed by atoms with E-state index in [1.54, 1.807) is 56.6 Å². The first-order valence-corrected chi connectivity index (χ1v) is 10.2. The van der Waals surface area contributed by atoms with Gasteiger partial charge in [-0.3, -0.25) is 4.79 Å². The summed E-state index contributed by atoms with van der Waals surface area (Å²) < 4.78 is 45.3. The molecule has 34 heavy (non-hydrogen) atoms. The molecule has 1 N–H and O–H groups in total. The molecular weight excluding hydrogens is 445 g/mol. The number of alkyl halides is 3. The standard InChI is InChI=1S/C25H19F3N4O2/c1-15-6-8-18(25(26,27)28)13-21(15)32-23(33)17-7-5-16(2)22(12-17)34-24-19(4-3-10-30-24)20-9-11-29-14-31-20/h3-14H,1-2H3,(H,32,33). The highest BCUT2D eigenvalue weighted by Gasteiger charge is 2.31. The van der Waals surface area contributed by atoms with Gasteiger partial charge in [0.25, 0.3) is 5.91 Å². The molecular formula is C25H19F3N4O2. The van der Waals surface area contributed by atoms with E-state index in [2.05, 4.69) is 20.3 Å².